The molecule has 0 aliphatic rings. The fourth-order valence-corrected chi connectivity index (χ4v) is 1.88. The highest BCUT2D eigenvalue weighted by Gasteiger charge is 2.18. The van der Waals surface area contributed by atoms with E-state index in [1.165, 1.54) is 0 Å². The van der Waals surface area contributed by atoms with Gasteiger partial charge in [0.1, 0.15) is 0 Å². The smallest absolute Gasteiger partial charge is 0.223 e. The minimum atomic E-state index is -2.67. The lowest BCUT2D eigenvalue weighted by Crippen LogP contribution is -2.01. The summed E-state index contributed by atoms with van der Waals surface area (Å²) in [4.78, 5) is 3.29. The first-order chi connectivity index (χ1) is 6.06. The van der Waals surface area contributed by atoms with Crippen LogP contribution in [0.25, 0.3) is 0 Å². The van der Waals surface area contributed by atoms with E-state index in [1.54, 1.807) is 22.6 Å². The molecular formula is C7H4ClF3IN. The summed E-state index contributed by atoms with van der Waals surface area (Å²) in [5, 5.41) is 0. The van der Waals surface area contributed by atoms with Crippen LogP contribution < -0.4 is 0 Å². The Bertz CT molecular complexity index is 319. The van der Waals surface area contributed by atoms with Crippen LogP contribution in [0.2, 0.25) is 0 Å². The largest absolute Gasteiger partial charge is 0.266 e. The predicted molar refractivity (Wildman–Crippen MR) is 51.4 cm³/mol. The first kappa shape index (κ1) is 11.0. The van der Waals surface area contributed by atoms with Crippen LogP contribution >= 0.6 is 34.2 Å². The van der Waals surface area contributed by atoms with E-state index in [-0.39, 0.29) is 20.7 Å². The summed E-state index contributed by atoms with van der Waals surface area (Å²) < 4.78 is 37.6. The molecule has 1 nitrogen and oxygen atoms in total. The number of nitrogens with zero attached hydrogens (tertiary/aromatic N) is 1. The molecule has 0 saturated carbocycles. The van der Waals surface area contributed by atoms with E-state index >= 15 is 0 Å². The summed E-state index contributed by atoms with van der Waals surface area (Å²) in [7, 11) is 0. The number of halogens is 5. The molecular weight excluding hydrogens is 317 g/mol. The second-order valence-electron chi connectivity index (χ2n) is 2.22. The summed E-state index contributed by atoms with van der Waals surface area (Å²) in [6, 6.07) is 0.956. The van der Waals surface area contributed by atoms with Crippen molar-refractivity contribution in [3.05, 3.63) is 26.8 Å². The predicted octanol–water partition coefficient (Wildman–Crippen LogP) is 3.50. The monoisotopic (exact) mass is 321 g/mol. The van der Waals surface area contributed by atoms with Crippen molar-refractivity contribution in [3.63, 3.8) is 0 Å². The van der Waals surface area contributed by atoms with Crippen LogP contribution in [0.4, 0.5) is 13.2 Å². The van der Waals surface area contributed by atoms with Crippen molar-refractivity contribution in [2.75, 3.05) is 0 Å². The molecule has 0 N–H and O–H groups in total. The summed E-state index contributed by atoms with van der Waals surface area (Å²) in [6.07, 6.45) is -2.67. The normalized spacial score (nSPS) is 10.9. The van der Waals surface area contributed by atoms with Crippen molar-refractivity contribution in [2.24, 2.45) is 0 Å². The highest BCUT2D eigenvalue weighted by molar-refractivity contribution is 14.1. The van der Waals surface area contributed by atoms with Gasteiger partial charge in [0.2, 0.25) is 5.95 Å². The molecule has 0 aromatic carbocycles. The number of hydrogen-bond donors (Lipinski definition) is 0. The SMILES string of the molecule is Fc1cc(I)c(C(F)F)c(CCl)n1. The molecule has 6 heteroatoms. The van der Waals surface area contributed by atoms with Crippen molar-refractivity contribution < 1.29 is 13.2 Å². The maximum Gasteiger partial charge on any atom is 0.266 e. The minimum absolute atomic E-state index is 0.0962. The van der Waals surface area contributed by atoms with Crippen LogP contribution in [0.15, 0.2) is 6.07 Å². The summed E-state index contributed by atoms with van der Waals surface area (Å²) in [5.41, 5.74) is -0.377. The third kappa shape index (κ3) is 2.46. The van der Waals surface area contributed by atoms with Crippen molar-refractivity contribution in [1.29, 1.82) is 0 Å². The van der Waals surface area contributed by atoms with Gasteiger partial charge in [-0.05, 0) is 22.6 Å². The molecule has 0 unspecified atom stereocenters. The van der Waals surface area contributed by atoms with E-state index in [2.05, 4.69) is 4.98 Å². The lowest BCUT2D eigenvalue weighted by molar-refractivity contribution is 0.148. The first-order valence-corrected chi connectivity index (χ1v) is 4.86. The van der Waals surface area contributed by atoms with E-state index in [0.29, 0.717) is 0 Å². The van der Waals surface area contributed by atoms with Gasteiger partial charge in [-0.2, -0.15) is 4.39 Å². The molecule has 0 saturated heterocycles. The second kappa shape index (κ2) is 4.45. The zero-order valence-electron chi connectivity index (χ0n) is 6.20. The number of hydrogen-bond acceptors (Lipinski definition) is 1. The van der Waals surface area contributed by atoms with Crippen LogP contribution in [0.3, 0.4) is 0 Å². The van der Waals surface area contributed by atoms with Crippen molar-refractivity contribution in [1.82, 2.24) is 4.98 Å². The van der Waals surface area contributed by atoms with Gasteiger partial charge < -0.3 is 0 Å². The molecule has 1 heterocycles. The Labute approximate surface area is 91.4 Å². The third-order valence-electron chi connectivity index (χ3n) is 1.40. The quantitative estimate of drug-likeness (QED) is 0.461. The van der Waals surface area contributed by atoms with E-state index < -0.39 is 12.4 Å². The Hall–Kier alpha value is -0.0400. The zero-order valence-corrected chi connectivity index (χ0v) is 9.11. The van der Waals surface area contributed by atoms with Gasteiger partial charge in [0.05, 0.1) is 17.1 Å². The highest BCUT2D eigenvalue weighted by Crippen LogP contribution is 2.28. The fourth-order valence-electron chi connectivity index (χ4n) is 0.874. The average Bonchev–Trinajstić information content (AvgIpc) is 2.01. The van der Waals surface area contributed by atoms with Crippen molar-refractivity contribution >= 4 is 34.2 Å². The minimum Gasteiger partial charge on any atom is -0.223 e. The molecule has 0 spiro atoms. The zero-order chi connectivity index (χ0) is 10.0. The summed E-state index contributed by atoms with van der Waals surface area (Å²) in [6.45, 7) is 0. The van der Waals surface area contributed by atoms with Gasteiger partial charge in [-0.25, -0.2) is 13.8 Å². The van der Waals surface area contributed by atoms with E-state index in [9.17, 15) is 13.2 Å². The van der Waals surface area contributed by atoms with Crippen molar-refractivity contribution in [2.45, 2.75) is 12.3 Å². The van der Waals surface area contributed by atoms with Gasteiger partial charge in [0.15, 0.2) is 0 Å². The van der Waals surface area contributed by atoms with Gasteiger partial charge >= 0.3 is 0 Å². The summed E-state index contributed by atoms with van der Waals surface area (Å²) >= 11 is 6.99. The molecule has 13 heavy (non-hydrogen) atoms. The second-order valence-corrected chi connectivity index (χ2v) is 3.65. The van der Waals surface area contributed by atoms with Crippen LogP contribution in [0, 0.1) is 9.52 Å². The van der Waals surface area contributed by atoms with Crippen LogP contribution in [0.5, 0.6) is 0 Å². The van der Waals surface area contributed by atoms with Gasteiger partial charge in [0.25, 0.3) is 6.43 Å². The molecule has 0 amide bonds. The Balaban J connectivity index is 3.30. The Morgan fingerprint density at radius 3 is 2.62 bits per heavy atom. The number of pyridine rings is 1. The molecule has 1 aromatic heterocycles. The van der Waals surface area contributed by atoms with Crippen LogP contribution in [-0.2, 0) is 5.88 Å². The summed E-state index contributed by atoms with van der Waals surface area (Å²) in [5.74, 6) is -1.00. The molecule has 0 aliphatic carbocycles. The first-order valence-electron chi connectivity index (χ1n) is 3.25. The third-order valence-corrected chi connectivity index (χ3v) is 2.55. The van der Waals surface area contributed by atoms with Crippen molar-refractivity contribution in [3.8, 4) is 0 Å². The highest BCUT2D eigenvalue weighted by atomic mass is 127. The molecule has 0 fully saturated rings. The van der Waals surface area contributed by atoms with Gasteiger partial charge in [-0.1, -0.05) is 0 Å². The van der Waals surface area contributed by atoms with Gasteiger partial charge in [-0.3, -0.25) is 0 Å². The molecule has 1 rings (SSSR count). The van der Waals surface area contributed by atoms with Crippen LogP contribution in [0.1, 0.15) is 17.7 Å². The molecule has 1 aromatic rings. The molecule has 0 aliphatic heterocycles. The Morgan fingerprint density at radius 2 is 2.15 bits per heavy atom. The number of rotatable bonds is 2. The molecule has 72 valence electrons. The Kier molecular flexibility index (Phi) is 3.78. The molecule has 0 radical (unpaired) electrons. The Morgan fingerprint density at radius 1 is 1.54 bits per heavy atom. The fraction of sp³-hybridized carbons (Fsp3) is 0.286. The van der Waals surface area contributed by atoms with E-state index in [4.69, 9.17) is 11.6 Å². The molecule has 0 bridgehead atoms. The maximum atomic E-state index is 12.6. The molecule has 0 atom stereocenters. The average molecular weight is 321 g/mol. The van der Waals surface area contributed by atoms with Gasteiger partial charge in [0, 0.05) is 9.64 Å². The lowest BCUT2D eigenvalue weighted by atomic mass is 10.2. The van der Waals surface area contributed by atoms with E-state index in [1.807, 2.05) is 0 Å². The standard InChI is InChI=1S/C7H4ClF3IN/c8-2-4-6(7(10)11)3(12)1-5(9)13-4/h1,7H,2H2. The van der Waals surface area contributed by atoms with Crippen LogP contribution in [-0.4, -0.2) is 4.98 Å². The topological polar surface area (TPSA) is 12.9 Å². The van der Waals surface area contributed by atoms with E-state index in [0.717, 1.165) is 6.07 Å². The lowest BCUT2D eigenvalue weighted by Gasteiger charge is -2.07. The maximum absolute atomic E-state index is 12.6. The number of alkyl halides is 3. The van der Waals surface area contributed by atoms with Gasteiger partial charge in [-0.15, -0.1) is 11.6 Å². The number of aromatic nitrogens is 1.